The molecule has 0 aliphatic heterocycles. The standard InChI is InChI=1S/C12H15N5O3/c1-15-10-9(11(19)16(2)12(15)20)17(6-13-10)5-8(18)14-7-3-4-7/h6-7H,3-5H2,1-2H3,(H,14,18). The number of rotatable bonds is 3. The lowest BCUT2D eigenvalue weighted by atomic mass is 10.4. The summed E-state index contributed by atoms with van der Waals surface area (Å²) in [5.74, 6) is -0.150. The van der Waals surface area contributed by atoms with Crippen LogP contribution in [0.2, 0.25) is 0 Å². The number of hydrogen-bond acceptors (Lipinski definition) is 4. The van der Waals surface area contributed by atoms with E-state index in [1.54, 1.807) is 7.05 Å². The minimum absolute atomic E-state index is 0.0282. The van der Waals surface area contributed by atoms with Crippen molar-refractivity contribution in [3.05, 3.63) is 27.2 Å². The van der Waals surface area contributed by atoms with E-state index >= 15 is 0 Å². The first kappa shape index (κ1) is 12.6. The smallest absolute Gasteiger partial charge is 0.332 e. The van der Waals surface area contributed by atoms with Gasteiger partial charge in [-0.3, -0.25) is 18.7 Å². The summed E-state index contributed by atoms with van der Waals surface area (Å²) >= 11 is 0. The van der Waals surface area contributed by atoms with Crippen LogP contribution >= 0.6 is 0 Å². The number of nitrogens with one attached hydrogen (secondary N) is 1. The highest BCUT2D eigenvalue weighted by atomic mass is 16.2. The zero-order valence-electron chi connectivity index (χ0n) is 11.3. The van der Waals surface area contributed by atoms with Crippen LogP contribution < -0.4 is 16.6 Å². The molecule has 0 spiro atoms. The summed E-state index contributed by atoms with van der Waals surface area (Å²) in [6.45, 7) is 0.0282. The molecule has 1 N–H and O–H groups in total. The Morgan fingerprint density at radius 3 is 2.70 bits per heavy atom. The number of aromatic nitrogens is 4. The van der Waals surface area contributed by atoms with Crippen LogP contribution in [-0.2, 0) is 25.4 Å². The summed E-state index contributed by atoms with van der Waals surface area (Å²) in [6, 6.07) is 0.268. The molecular weight excluding hydrogens is 262 g/mol. The molecule has 0 aromatic carbocycles. The van der Waals surface area contributed by atoms with Crippen LogP contribution in [0, 0.1) is 0 Å². The van der Waals surface area contributed by atoms with Crippen molar-refractivity contribution in [2.24, 2.45) is 14.1 Å². The molecule has 1 amide bonds. The Kier molecular flexibility index (Phi) is 2.73. The van der Waals surface area contributed by atoms with Crippen LogP contribution in [0.3, 0.4) is 0 Å². The molecule has 2 heterocycles. The third kappa shape index (κ3) is 1.93. The van der Waals surface area contributed by atoms with Crippen LogP contribution in [-0.4, -0.2) is 30.6 Å². The average Bonchev–Trinajstić information content (AvgIpc) is 3.12. The number of nitrogens with zero attached hydrogens (tertiary/aromatic N) is 4. The summed E-state index contributed by atoms with van der Waals surface area (Å²) in [7, 11) is 2.96. The molecule has 106 valence electrons. The van der Waals surface area contributed by atoms with Crippen molar-refractivity contribution in [1.82, 2.24) is 24.0 Å². The molecule has 1 aliphatic rings. The number of carbonyl (C=O) groups excluding carboxylic acids is 1. The molecule has 0 atom stereocenters. The van der Waals surface area contributed by atoms with Gasteiger partial charge in [-0.1, -0.05) is 0 Å². The fourth-order valence-corrected chi connectivity index (χ4v) is 2.17. The third-order valence-corrected chi connectivity index (χ3v) is 3.47. The maximum Gasteiger partial charge on any atom is 0.332 e. The molecule has 0 unspecified atom stereocenters. The summed E-state index contributed by atoms with van der Waals surface area (Å²) < 4.78 is 3.79. The Balaban J connectivity index is 2.06. The second kappa shape index (κ2) is 4.32. The Morgan fingerprint density at radius 1 is 1.35 bits per heavy atom. The fraction of sp³-hybridized carbons (Fsp3) is 0.500. The number of imidazole rings is 1. The SMILES string of the molecule is Cn1c(=O)c2c(ncn2CC(=O)NC2CC2)n(C)c1=O. The van der Waals surface area contributed by atoms with Crippen molar-refractivity contribution in [3.63, 3.8) is 0 Å². The number of amides is 1. The number of carbonyl (C=O) groups is 1. The average molecular weight is 277 g/mol. The monoisotopic (exact) mass is 277 g/mol. The second-order valence-corrected chi connectivity index (χ2v) is 5.09. The van der Waals surface area contributed by atoms with Crippen molar-refractivity contribution in [3.8, 4) is 0 Å². The molecule has 0 radical (unpaired) electrons. The molecule has 0 bridgehead atoms. The summed E-state index contributed by atoms with van der Waals surface area (Å²) in [4.78, 5) is 39.8. The van der Waals surface area contributed by atoms with E-state index in [0.29, 0.717) is 0 Å². The van der Waals surface area contributed by atoms with Gasteiger partial charge in [0.15, 0.2) is 11.2 Å². The molecule has 1 aliphatic carbocycles. The van der Waals surface area contributed by atoms with Crippen LogP contribution in [0.4, 0.5) is 0 Å². The van der Waals surface area contributed by atoms with E-state index in [0.717, 1.165) is 17.4 Å². The molecule has 1 saturated carbocycles. The molecule has 20 heavy (non-hydrogen) atoms. The Labute approximate surface area is 113 Å². The predicted octanol–water partition coefficient (Wildman–Crippen LogP) is -1.29. The van der Waals surface area contributed by atoms with Crippen molar-refractivity contribution in [2.75, 3.05) is 0 Å². The van der Waals surface area contributed by atoms with E-state index in [-0.39, 0.29) is 29.7 Å². The number of hydrogen-bond donors (Lipinski definition) is 1. The van der Waals surface area contributed by atoms with Gasteiger partial charge < -0.3 is 9.88 Å². The molecule has 2 aromatic heterocycles. The van der Waals surface area contributed by atoms with Gasteiger partial charge in [0.05, 0.1) is 6.33 Å². The largest absolute Gasteiger partial charge is 0.352 e. The first-order chi connectivity index (χ1) is 9.49. The van der Waals surface area contributed by atoms with E-state index in [9.17, 15) is 14.4 Å². The van der Waals surface area contributed by atoms with Crippen LogP contribution in [0.5, 0.6) is 0 Å². The lowest BCUT2D eigenvalue weighted by Crippen LogP contribution is -2.38. The maximum absolute atomic E-state index is 12.2. The van der Waals surface area contributed by atoms with Crippen molar-refractivity contribution < 1.29 is 4.79 Å². The van der Waals surface area contributed by atoms with Crippen LogP contribution in [0.15, 0.2) is 15.9 Å². The van der Waals surface area contributed by atoms with Gasteiger partial charge in [-0.25, -0.2) is 9.78 Å². The van der Waals surface area contributed by atoms with E-state index in [1.165, 1.54) is 22.5 Å². The molecule has 8 heteroatoms. The van der Waals surface area contributed by atoms with Crippen molar-refractivity contribution in [2.45, 2.75) is 25.4 Å². The van der Waals surface area contributed by atoms with Gasteiger partial charge >= 0.3 is 5.69 Å². The molecular formula is C12H15N5O3. The first-order valence-electron chi connectivity index (χ1n) is 6.39. The quantitative estimate of drug-likeness (QED) is 0.756. The molecule has 2 aromatic rings. The number of fused-ring (bicyclic) bond motifs is 1. The van der Waals surface area contributed by atoms with Crippen LogP contribution in [0.25, 0.3) is 11.2 Å². The summed E-state index contributed by atoms with van der Waals surface area (Å²) in [5.41, 5.74) is -0.326. The van der Waals surface area contributed by atoms with Gasteiger partial charge in [-0.2, -0.15) is 0 Å². The van der Waals surface area contributed by atoms with Gasteiger partial charge in [-0.05, 0) is 12.8 Å². The van der Waals surface area contributed by atoms with Crippen LogP contribution in [0.1, 0.15) is 12.8 Å². The van der Waals surface area contributed by atoms with Gasteiger partial charge in [-0.15, -0.1) is 0 Å². The molecule has 3 rings (SSSR count). The lowest BCUT2D eigenvalue weighted by Gasteiger charge is -2.07. The fourth-order valence-electron chi connectivity index (χ4n) is 2.17. The normalized spacial score (nSPS) is 14.7. The van der Waals surface area contributed by atoms with Crippen molar-refractivity contribution in [1.29, 1.82) is 0 Å². The number of aryl methyl sites for hydroxylation is 1. The van der Waals surface area contributed by atoms with Gasteiger partial charge in [0.25, 0.3) is 5.56 Å². The Morgan fingerprint density at radius 2 is 2.05 bits per heavy atom. The molecule has 1 fully saturated rings. The molecule has 0 saturated heterocycles. The van der Waals surface area contributed by atoms with E-state index in [2.05, 4.69) is 10.3 Å². The Bertz CT molecular complexity index is 809. The topological polar surface area (TPSA) is 90.9 Å². The maximum atomic E-state index is 12.2. The minimum atomic E-state index is -0.445. The summed E-state index contributed by atoms with van der Waals surface area (Å²) in [5, 5.41) is 2.85. The highest BCUT2D eigenvalue weighted by Gasteiger charge is 2.24. The lowest BCUT2D eigenvalue weighted by molar-refractivity contribution is -0.121. The molecule has 8 nitrogen and oxygen atoms in total. The zero-order chi connectivity index (χ0) is 14.4. The predicted molar refractivity (Wildman–Crippen MR) is 71.4 cm³/mol. The highest BCUT2D eigenvalue weighted by Crippen LogP contribution is 2.18. The minimum Gasteiger partial charge on any atom is -0.352 e. The van der Waals surface area contributed by atoms with Gasteiger partial charge in [0.2, 0.25) is 5.91 Å². The van der Waals surface area contributed by atoms with E-state index in [1.807, 2.05) is 0 Å². The first-order valence-corrected chi connectivity index (χ1v) is 6.39. The van der Waals surface area contributed by atoms with Gasteiger partial charge in [0, 0.05) is 20.1 Å². The van der Waals surface area contributed by atoms with Crippen molar-refractivity contribution >= 4 is 17.1 Å². The van der Waals surface area contributed by atoms with E-state index in [4.69, 9.17) is 0 Å². The second-order valence-electron chi connectivity index (χ2n) is 5.09. The van der Waals surface area contributed by atoms with E-state index < -0.39 is 11.2 Å². The van der Waals surface area contributed by atoms with Gasteiger partial charge in [0.1, 0.15) is 6.54 Å². The zero-order valence-corrected chi connectivity index (χ0v) is 11.3. The Hall–Kier alpha value is -2.38. The highest BCUT2D eigenvalue weighted by molar-refractivity contribution is 5.79. The third-order valence-electron chi connectivity index (χ3n) is 3.47. The summed E-state index contributed by atoms with van der Waals surface area (Å²) in [6.07, 6.45) is 3.43.